The van der Waals surface area contributed by atoms with Gasteiger partial charge in [0.05, 0.1) is 30.8 Å². The first-order valence-electron chi connectivity index (χ1n) is 9.97. The lowest BCUT2D eigenvalue weighted by Crippen LogP contribution is -2.25. The van der Waals surface area contributed by atoms with Crippen molar-refractivity contribution in [2.24, 2.45) is 0 Å². The maximum absolute atomic E-state index is 12.8. The summed E-state index contributed by atoms with van der Waals surface area (Å²) in [6.07, 6.45) is 4.15. The second-order valence-corrected chi connectivity index (χ2v) is 8.03. The molecule has 160 valence electrons. The van der Waals surface area contributed by atoms with Crippen LogP contribution in [-0.2, 0) is 13.0 Å². The van der Waals surface area contributed by atoms with Crippen LogP contribution in [0.25, 0.3) is 10.2 Å². The zero-order valence-corrected chi connectivity index (χ0v) is 18.6. The van der Waals surface area contributed by atoms with E-state index in [1.165, 1.54) is 11.3 Å². The number of hydrogen-bond acceptors (Lipinski definition) is 6. The lowest BCUT2D eigenvalue weighted by atomic mass is 10.1. The van der Waals surface area contributed by atoms with E-state index in [1.54, 1.807) is 25.1 Å². The number of hydrogen-bond donors (Lipinski definition) is 1. The van der Waals surface area contributed by atoms with Crippen molar-refractivity contribution in [1.82, 2.24) is 14.9 Å². The molecule has 0 saturated heterocycles. The Morgan fingerprint density at radius 1 is 1.23 bits per heavy atom. The number of rotatable bonds is 9. The molecule has 30 heavy (non-hydrogen) atoms. The number of aromatic nitrogens is 2. The summed E-state index contributed by atoms with van der Waals surface area (Å²) >= 11 is 1.26. The largest absolute Gasteiger partial charge is 0.493 e. The molecule has 0 unspecified atom stereocenters. The third kappa shape index (κ3) is 4.48. The number of nitrogens with zero attached hydrogens (tertiary/aromatic N) is 2. The van der Waals surface area contributed by atoms with Gasteiger partial charge in [-0.3, -0.25) is 14.2 Å². The van der Waals surface area contributed by atoms with E-state index in [2.05, 4.69) is 17.2 Å². The fourth-order valence-electron chi connectivity index (χ4n) is 3.30. The minimum Gasteiger partial charge on any atom is -0.493 e. The molecule has 0 fully saturated rings. The topological polar surface area (TPSA) is 82.5 Å². The van der Waals surface area contributed by atoms with Gasteiger partial charge in [-0.05, 0) is 43.0 Å². The molecule has 3 aromatic rings. The van der Waals surface area contributed by atoms with Gasteiger partial charge in [-0.25, -0.2) is 4.98 Å². The number of amides is 1. The monoisotopic (exact) mass is 429 g/mol. The van der Waals surface area contributed by atoms with Gasteiger partial charge in [-0.2, -0.15) is 0 Å². The highest BCUT2D eigenvalue weighted by Crippen LogP contribution is 2.28. The van der Waals surface area contributed by atoms with Gasteiger partial charge in [-0.1, -0.05) is 19.4 Å². The van der Waals surface area contributed by atoms with Gasteiger partial charge in [0, 0.05) is 13.1 Å². The molecule has 0 spiro atoms. The first-order chi connectivity index (χ1) is 14.5. The van der Waals surface area contributed by atoms with Crippen LogP contribution >= 0.6 is 11.3 Å². The van der Waals surface area contributed by atoms with Crippen molar-refractivity contribution in [3.05, 3.63) is 50.9 Å². The van der Waals surface area contributed by atoms with E-state index in [1.807, 2.05) is 25.1 Å². The molecular weight excluding hydrogens is 402 g/mol. The number of thiophene rings is 1. The van der Waals surface area contributed by atoms with Crippen LogP contribution in [0, 0.1) is 6.92 Å². The third-order valence-corrected chi connectivity index (χ3v) is 6.22. The summed E-state index contributed by atoms with van der Waals surface area (Å²) in [4.78, 5) is 31.1. The van der Waals surface area contributed by atoms with Crippen molar-refractivity contribution in [2.45, 2.75) is 39.7 Å². The summed E-state index contributed by atoms with van der Waals surface area (Å²) in [7, 11) is 3.19. The van der Waals surface area contributed by atoms with E-state index in [4.69, 9.17) is 9.47 Å². The normalized spacial score (nSPS) is 10.9. The number of aryl methyl sites for hydroxylation is 2. The molecule has 7 nitrogen and oxygen atoms in total. The molecular formula is C22H27N3O4S. The molecule has 1 N–H and O–H groups in total. The Hall–Kier alpha value is -2.87. The molecule has 2 heterocycles. The predicted octanol–water partition coefficient (Wildman–Crippen LogP) is 3.56. The minimum atomic E-state index is -0.185. The summed E-state index contributed by atoms with van der Waals surface area (Å²) in [5.74, 6) is 1.14. The zero-order chi connectivity index (χ0) is 21.7. The molecule has 0 aliphatic heterocycles. The molecule has 3 rings (SSSR count). The maximum Gasteiger partial charge on any atom is 0.262 e. The summed E-state index contributed by atoms with van der Waals surface area (Å²) in [5, 5.41) is 3.49. The number of carbonyl (C=O) groups excluding carboxylic acids is 1. The van der Waals surface area contributed by atoms with Gasteiger partial charge in [0.25, 0.3) is 11.5 Å². The third-order valence-electron chi connectivity index (χ3n) is 5.02. The predicted molar refractivity (Wildman–Crippen MR) is 119 cm³/mol. The second kappa shape index (κ2) is 9.75. The second-order valence-electron chi connectivity index (χ2n) is 7.03. The van der Waals surface area contributed by atoms with Crippen LogP contribution < -0.4 is 20.3 Å². The molecule has 0 saturated carbocycles. The van der Waals surface area contributed by atoms with E-state index in [0.717, 1.165) is 18.4 Å². The average molecular weight is 430 g/mol. The van der Waals surface area contributed by atoms with Crippen LogP contribution in [0.2, 0.25) is 0 Å². The quantitative estimate of drug-likeness (QED) is 0.562. The fourth-order valence-corrected chi connectivity index (χ4v) is 4.36. The molecule has 0 radical (unpaired) electrons. The number of methoxy groups -OCH3 is 2. The lowest BCUT2D eigenvalue weighted by molar-refractivity contribution is 0.0957. The number of unbranched alkanes of at least 4 members (excludes halogenated alkanes) is 1. The summed E-state index contributed by atoms with van der Waals surface area (Å²) in [6, 6.07) is 5.70. The Labute approximate surface area is 179 Å². The van der Waals surface area contributed by atoms with E-state index >= 15 is 0 Å². The summed E-state index contributed by atoms with van der Waals surface area (Å²) < 4.78 is 12.2. The fraction of sp³-hybridized carbons (Fsp3) is 0.409. The highest BCUT2D eigenvalue weighted by molar-refractivity contribution is 7.20. The number of carbonyl (C=O) groups is 1. The van der Waals surface area contributed by atoms with Crippen LogP contribution in [-0.4, -0.2) is 36.2 Å². The molecule has 0 bridgehead atoms. The molecule has 1 aromatic carbocycles. The average Bonchev–Trinajstić information content (AvgIpc) is 3.10. The van der Waals surface area contributed by atoms with Crippen LogP contribution in [0.1, 0.15) is 40.6 Å². The van der Waals surface area contributed by atoms with E-state index in [-0.39, 0.29) is 11.5 Å². The van der Waals surface area contributed by atoms with Gasteiger partial charge >= 0.3 is 0 Å². The van der Waals surface area contributed by atoms with Crippen molar-refractivity contribution in [3.8, 4) is 11.5 Å². The van der Waals surface area contributed by atoms with Crippen molar-refractivity contribution >= 4 is 27.5 Å². The van der Waals surface area contributed by atoms with Gasteiger partial charge < -0.3 is 14.8 Å². The molecule has 0 aliphatic rings. The number of nitrogens with one attached hydrogen (secondary N) is 1. The Balaban J connectivity index is 1.72. The Kier molecular flexibility index (Phi) is 7.10. The van der Waals surface area contributed by atoms with Gasteiger partial charge in [-0.15, -0.1) is 11.3 Å². The van der Waals surface area contributed by atoms with Crippen molar-refractivity contribution < 1.29 is 14.3 Å². The number of fused-ring (bicyclic) bond motifs is 1. The Morgan fingerprint density at radius 2 is 2.00 bits per heavy atom. The number of benzene rings is 1. The van der Waals surface area contributed by atoms with Gasteiger partial charge in [0.1, 0.15) is 4.83 Å². The Bertz CT molecular complexity index is 1100. The lowest BCUT2D eigenvalue weighted by Gasteiger charge is -2.10. The van der Waals surface area contributed by atoms with Crippen LogP contribution in [0.15, 0.2) is 29.3 Å². The maximum atomic E-state index is 12.8. The minimum absolute atomic E-state index is 0.0772. The number of ether oxygens (including phenoxy) is 2. The van der Waals surface area contributed by atoms with E-state index in [0.29, 0.717) is 51.7 Å². The van der Waals surface area contributed by atoms with Gasteiger partial charge in [0.2, 0.25) is 0 Å². The van der Waals surface area contributed by atoms with Crippen molar-refractivity contribution in [2.75, 3.05) is 20.8 Å². The van der Waals surface area contributed by atoms with Crippen LogP contribution in [0.4, 0.5) is 0 Å². The smallest absolute Gasteiger partial charge is 0.262 e. The van der Waals surface area contributed by atoms with Crippen LogP contribution in [0.3, 0.4) is 0 Å². The molecule has 2 aromatic heterocycles. The summed E-state index contributed by atoms with van der Waals surface area (Å²) in [6.45, 7) is 5.00. The van der Waals surface area contributed by atoms with Crippen molar-refractivity contribution in [3.63, 3.8) is 0 Å². The van der Waals surface area contributed by atoms with E-state index in [9.17, 15) is 9.59 Å². The first kappa shape index (κ1) is 21.8. The molecule has 0 atom stereocenters. The molecule has 0 aliphatic carbocycles. The standard InChI is InChI=1S/C22H27N3O4S/c1-5-6-11-25-13-24-21-18(22(25)27)14(2)19(30-21)20(26)23-10-9-15-7-8-16(28-3)17(12-15)29-4/h7-8,12-13H,5-6,9-11H2,1-4H3,(H,23,26). The Morgan fingerprint density at radius 3 is 2.70 bits per heavy atom. The first-order valence-corrected chi connectivity index (χ1v) is 10.8. The molecule has 8 heteroatoms. The summed E-state index contributed by atoms with van der Waals surface area (Å²) in [5.41, 5.74) is 1.65. The molecule has 1 amide bonds. The van der Waals surface area contributed by atoms with Crippen LogP contribution in [0.5, 0.6) is 11.5 Å². The van der Waals surface area contributed by atoms with E-state index < -0.39 is 0 Å². The van der Waals surface area contributed by atoms with Gasteiger partial charge in [0.15, 0.2) is 11.5 Å². The highest BCUT2D eigenvalue weighted by atomic mass is 32.1. The SMILES string of the molecule is CCCCn1cnc2sc(C(=O)NCCc3ccc(OC)c(OC)c3)c(C)c2c1=O. The zero-order valence-electron chi connectivity index (χ0n) is 17.8. The van der Waals surface area contributed by atoms with Crippen molar-refractivity contribution in [1.29, 1.82) is 0 Å². The highest BCUT2D eigenvalue weighted by Gasteiger charge is 2.19.